The average molecular weight is 457 g/mol. The molecule has 0 fully saturated rings. The number of aromatic amines is 1. The van der Waals surface area contributed by atoms with Crippen LogP contribution in [0.15, 0.2) is 70.7 Å². The van der Waals surface area contributed by atoms with E-state index in [9.17, 15) is 9.59 Å². The van der Waals surface area contributed by atoms with E-state index in [1.165, 1.54) is 0 Å². The van der Waals surface area contributed by atoms with Crippen LogP contribution in [-0.4, -0.2) is 28.7 Å². The second-order valence-electron chi connectivity index (χ2n) is 10.0. The monoisotopic (exact) mass is 456 g/mol. The number of Topliss-reactive ketones (excluding diaryl/α,β-unsaturated/α-hetero) is 1. The van der Waals surface area contributed by atoms with Gasteiger partial charge >= 0.3 is 0 Å². The quantitative estimate of drug-likeness (QED) is 0.553. The molecule has 0 saturated carbocycles. The Labute approximate surface area is 200 Å². The van der Waals surface area contributed by atoms with Crippen molar-refractivity contribution in [3.8, 4) is 5.69 Å². The van der Waals surface area contributed by atoms with Crippen LogP contribution in [0.2, 0.25) is 0 Å². The Kier molecular flexibility index (Phi) is 5.47. The van der Waals surface area contributed by atoms with Crippen LogP contribution < -0.4 is 15.8 Å². The molecule has 1 unspecified atom stereocenters. The van der Waals surface area contributed by atoms with Crippen molar-refractivity contribution in [2.24, 2.45) is 5.41 Å². The van der Waals surface area contributed by atoms with Crippen molar-refractivity contribution in [3.05, 3.63) is 87.3 Å². The molecule has 1 aromatic heterocycles. The number of para-hydroxylation sites is 1. The van der Waals surface area contributed by atoms with Crippen LogP contribution in [0.1, 0.15) is 57.6 Å². The molecule has 2 aliphatic rings. The van der Waals surface area contributed by atoms with E-state index in [0.717, 1.165) is 47.7 Å². The van der Waals surface area contributed by atoms with Crippen LogP contribution in [0.4, 0.5) is 11.5 Å². The SMILES string of the molecule is CCN(CC)c1ccc(C2C3=C(CC(C)(C)CC3=O)Nc3[nH]n(-c4ccccc4)c(=O)c32)cc1. The number of nitrogens with one attached hydrogen (secondary N) is 2. The molecule has 0 amide bonds. The maximum Gasteiger partial charge on any atom is 0.277 e. The minimum atomic E-state index is -0.394. The number of carbonyl (C=O) groups excluding carboxylic acids is 1. The maximum absolute atomic E-state index is 13.7. The Morgan fingerprint density at radius 1 is 0.971 bits per heavy atom. The lowest BCUT2D eigenvalue weighted by Gasteiger charge is -2.38. The Morgan fingerprint density at radius 3 is 2.29 bits per heavy atom. The first kappa shape index (κ1) is 22.3. The topological polar surface area (TPSA) is 70.1 Å². The van der Waals surface area contributed by atoms with Gasteiger partial charge in [-0.15, -0.1) is 0 Å². The third-order valence-corrected chi connectivity index (χ3v) is 7.07. The molecule has 6 heteroatoms. The smallest absolute Gasteiger partial charge is 0.277 e. The largest absolute Gasteiger partial charge is 0.372 e. The van der Waals surface area contributed by atoms with Crippen LogP contribution in [0.5, 0.6) is 0 Å². The summed E-state index contributed by atoms with van der Waals surface area (Å²) < 4.78 is 1.57. The van der Waals surface area contributed by atoms with E-state index in [-0.39, 0.29) is 16.8 Å². The predicted octanol–water partition coefficient (Wildman–Crippen LogP) is 5.21. The van der Waals surface area contributed by atoms with Gasteiger partial charge in [0.15, 0.2) is 5.78 Å². The number of aromatic nitrogens is 2. The highest BCUT2D eigenvalue weighted by atomic mass is 16.1. The van der Waals surface area contributed by atoms with Crippen molar-refractivity contribution in [3.63, 3.8) is 0 Å². The first-order valence-electron chi connectivity index (χ1n) is 12.1. The number of anilines is 2. The van der Waals surface area contributed by atoms with Gasteiger partial charge in [-0.3, -0.25) is 14.7 Å². The second-order valence-corrected chi connectivity index (χ2v) is 10.0. The fourth-order valence-corrected chi connectivity index (χ4v) is 5.45. The minimum Gasteiger partial charge on any atom is -0.372 e. The Hall–Kier alpha value is -3.54. The molecule has 0 spiro atoms. The molecule has 3 aromatic rings. The molecule has 34 heavy (non-hydrogen) atoms. The lowest BCUT2D eigenvalue weighted by molar-refractivity contribution is -0.118. The molecule has 1 aliphatic carbocycles. The number of carbonyl (C=O) groups is 1. The molecule has 0 radical (unpaired) electrons. The molecule has 5 rings (SSSR count). The Morgan fingerprint density at radius 2 is 1.65 bits per heavy atom. The van der Waals surface area contributed by atoms with Crippen LogP contribution in [0, 0.1) is 5.41 Å². The van der Waals surface area contributed by atoms with Crippen molar-refractivity contribution in [2.75, 3.05) is 23.3 Å². The van der Waals surface area contributed by atoms with E-state index in [2.05, 4.69) is 67.3 Å². The predicted molar refractivity (Wildman–Crippen MR) is 137 cm³/mol. The fourth-order valence-electron chi connectivity index (χ4n) is 5.45. The van der Waals surface area contributed by atoms with Crippen molar-refractivity contribution in [1.82, 2.24) is 9.78 Å². The highest BCUT2D eigenvalue weighted by molar-refractivity contribution is 6.01. The number of hydrogen-bond acceptors (Lipinski definition) is 4. The standard InChI is InChI=1S/C28H32N4O2/c1-5-31(6-2)19-14-12-18(13-15-19)23-24-21(16-28(3,4)17-22(24)33)29-26-25(23)27(34)32(30-26)20-10-8-7-9-11-20/h7-15,23,29-30H,5-6,16-17H2,1-4H3. The summed E-state index contributed by atoms with van der Waals surface area (Å²) in [6.07, 6.45) is 1.24. The number of hydrogen-bond donors (Lipinski definition) is 2. The molecular formula is C28H32N4O2. The zero-order chi connectivity index (χ0) is 24.0. The molecule has 2 heterocycles. The van der Waals surface area contributed by atoms with E-state index < -0.39 is 5.92 Å². The van der Waals surface area contributed by atoms with E-state index in [1.54, 1.807) is 4.68 Å². The molecule has 2 N–H and O–H groups in total. The number of rotatable bonds is 5. The molecule has 2 aromatic carbocycles. The summed E-state index contributed by atoms with van der Waals surface area (Å²) in [4.78, 5) is 29.5. The van der Waals surface area contributed by atoms with Gasteiger partial charge in [-0.1, -0.05) is 44.2 Å². The molecule has 176 valence electrons. The van der Waals surface area contributed by atoms with Gasteiger partial charge in [-0.25, -0.2) is 4.68 Å². The number of H-pyrrole nitrogens is 1. The van der Waals surface area contributed by atoms with E-state index in [0.29, 0.717) is 17.8 Å². The van der Waals surface area contributed by atoms with Crippen LogP contribution >= 0.6 is 0 Å². The van der Waals surface area contributed by atoms with Gasteiger partial charge in [-0.2, -0.15) is 0 Å². The number of fused-ring (bicyclic) bond motifs is 1. The fraction of sp³-hybridized carbons (Fsp3) is 0.357. The van der Waals surface area contributed by atoms with Crippen molar-refractivity contribution >= 4 is 17.3 Å². The van der Waals surface area contributed by atoms with Gasteiger partial charge in [0.05, 0.1) is 11.3 Å². The third kappa shape index (κ3) is 3.67. The van der Waals surface area contributed by atoms with Crippen molar-refractivity contribution in [2.45, 2.75) is 46.5 Å². The van der Waals surface area contributed by atoms with Gasteiger partial charge in [0.25, 0.3) is 5.56 Å². The summed E-state index contributed by atoms with van der Waals surface area (Å²) in [5.41, 5.74) is 4.89. The molecule has 0 bridgehead atoms. The van der Waals surface area contributed by atoms with E-state index >= 15 is 0 Å². The zero-order valence-electron chi connectivity index (χ0n) is 20.3. The molecule has 6 nitrogen and oxygen atoms in total. The van der Waals surface area contributed by atoms with E-state index in [4.69, 9.17) is 0 Å². The summed E-state index contributed by atoms with van der Waals surface area (Å²) in [5, 5.41) is 6.72. The number of nitrogens with zero attached hydrogens (tertiary/aromatic N) is 2. The summed E-state index contributed by atoms with van der Waals surface area (Å²) in [7, 11) is 0. The van der Waals surface area contributed by atoms with Crippen molar-refractivity contribution < 1.29 is 4.79 Å². The van der Waals surface area contributed by atoms with Gasteiger partial charge in [0.2, 0.25) is 0 Å². The summed E-state index contributed by atoms with van der Waals surface area (Å²) in [6, 6.07) is 17.9. The minimum absolute atomic E-state index is 0.120. The van der Waals surface area contributed by atoms with Crippen LogP contribution in [0.3, 0.4) is 0 Å². The first-order chi connectivity index (χ1) is 16.3. The maximum atomic E-state index is 13.7. The Bertz CT molecular complexity index is 1310. The molecule has 1 atom stereocenters. The van der Waals surface area contributed by atoms with Gasteiger partial charge in [0.1, 0.15) is 5.82 Å². The third-order valence-electron chi connectivity index (χ3n) is 7.07. The summed E-state index contributed by atoms with van der Waals surface area (Å²) >= 11 is 0. The average Bonchev–Trinajstić information content (AvgIpc) is 3.15. The van der Waals surface area contributed by atoms with Gasteiger partial charge in [0, 0.05) is 42.4 Å². The number of benzene rings is 2. The second kappa shape index (κ2) is 8.35. The van der Waals surface area contributed by atoms with Crippen LogP contribution in [-0.2, 0) is 4.79 Å². The van der Waals surface area contributed by atoms with Gasteiger partial charge < -0.3 is 10.2 Å². The summed E-state index contributed by atoms with van der Waals surface area (Å²) in [6.45, 7) is 10.4. The normalized spacial score (nSPS) is 18.8. The number of ketones is 1. The number of allylic oxidation sites excluding steroid dienone is 2. The molecular weight excluding hydrogens is 424 g/mol. The zero-order valence-corrected chi connectivity index (χ0v) is 20.3. The molecule has 0 saturated heterocycles. The summed E-state index contributed by atoms with van der Waals surface area (Å²) in [5.74, 6) is 0.402. The van der Waals surface area contributed by atoms with Crippen molar-refractivity contribution in [1.29, 1.82) is 0 Å². The lowest BCUT2D eigenvalue weighted by Crippen LogP contribution is -2.35. The highest BCUT2D eigenvalue weighted by Crippen LogP contribution is 2.47. The lowest BCUT2D eigenvalue weighted by atomic mass is 9.69. The highest BCUT2D eigenvalue weighted by Gasteiger charge is 2.42. The first-order valence-corrected chi connectivity index (χ1v) is 12.1. The van der Waals surface area contributed by atoms with Crippen LogP contribution in [0.25, 0.3) is 5.69 Å². The van der Waals surface area contributed by atoms with Gasteiger partial charge in [-0.05, 0) is 55.5 Å². The Balaban J connectivity index is 1.68. The van der Waals surface area contributed by atoms with E-state index in [1.807, 2.05) is 30.3 Å². The molecule has 1 aliphatic heterocycles.